The maximum Gasteiger partial charge on any atom is 0.341 e. The molecule has 0 N–H and O–H groups in total. The third-order valence-corrected chi connectivity index (χ3v) is 4.45. The van der Waals surface area contributed by atoms with Crippen molar-refractivity contribution in [1.29, 1.82) is 0 Å². The average molecular weight is 322 g/mol. The predicted octanol–water partition coefficient (Wildman–Crippen LogP) is 4.50. The van der Waals surface area contributed by atoms with Crippen molar-refractivity contribution in [2.24, 2.45) is 0 Å². The number of hydrogen-bond acceptors (Lipinski definition) is 4. The summed E-state index contributed by atoms with van der Waals surface area (Å²) in [6.07, 6.45) is 7.34. The van der Waals surface area contributed by atoms with Crippen LogP contribution in [0, 0.1) is 13.8 Å². The number of methoxy groups -OCH3 is 1. The van der Waals surface area contributed by atoms with Crippen molar-refractivity contribution in [2.45, 2.75) is 39.5 Å². The van der Waals surface area contributed by atoms with E-state index in [4.69, 9.17) is 4.74 Å². The van der Waals surface area contributed by atoms with Gasteiger partial charge in [-0.15, -0.1) is 0 Å². The first-order chi connectivity index (χ1) is 11.6. The molecule has 0 unspecified atom stereocenters. The van der Waals surface area contributed by atoms with Crippen LogP contribution in [-0.2, 0) is 4.74 Å². The van der Waals surface area contributed by atoms with Gasteiger partial charge in [-0.1, -0.05) is 35.9 Å². The fourth-order valence-electron chi connectivity index (χ4n) is 3.18. The van der Waals surface area contributed by atoms with Crippen LogP contribution >= 0.6 is 0 Å². The molecule has 0 amide bonds. The Balaban J connectivity index is 1.89. The number of carbonyl (C=O) groups is 1. The van der Waals surface area contributed by atoms with Crippen molar-refractivity contribution in [1.82, 2.24) is 9.97 Å². The molecule has 1 aliphatic rings. The Hall–Kier alpha value is -2.49. The van der Waals surface area contributed by atoms with Gasteiger partial charge in [-0.05, 0) is 45.1 Å². The lowest BCUT2D eigenvalue weighted by molar-refractivity contribution is 0.0598. The molecule has 1 fully saturated rings. The molecule has 1 aromatic heterocycles. The van der Waals surface area contributed by atoms with Crippen molar-refractivity contribution in [3.8, 4) is 11.4 Å². The van der Waals surface area contributed by atoms with Gasteiger partial charge in [0.2, 0.25) is 0 Å². The van der Waals surface area contributed by atoms with Gasteiger partial charge in [0.25, 0.3) is 0 Å². The summed E-state index contributed by atoms with van der Waals surface area (Å²) in [5.74, 6) is 0.243. The second-order valence-electron chi connectivity index (χ2n) is 6.22. The minimum Gasteiger partial charge on any atom is -0.465 e. The zero-order valence-corrected chi connectivity index (χ0v) is 14.4. The van der Waals surface area contributed by atoms with Crippen LogP contribution in [-0.4, -0.2) is 23.0 Å². The summed E-state index contributed by atoms with van der Waals surface area (Å²) in [6.45, 7) is 3.62. The molecule has 3 rings (SSSR count). The van der Waals surface area contributed by atoms with Gasteiger partial charge in [0.1, 0.15) is 5.56 Å². The van der Waals surface area contributed by atoms with E-state index in [-0.39, 0.29) is 0 Å². The SMILES string of the molecule is COC(=O)c1c(C)nc(-c2ccc(C=C3CCCC3)cc2)nc1C. The van der Waals surface area contributed by atoms with E-state index >= 15 is 0 Å². The second-order valence-corrected chi connectivity index (χ2v) is 6.22. The molecule has 0 radical (unpaired) electrons. The Morgan fingerprint density at radius 1 is 1.04 bits per heavy atom. The van der Waals surface area contributed by atoms with Crippen LogP contribution in [0.3, 0.4) is 0 Å². The van der Waals surface area contributed by atoms with Gasteiger partial charge in [0.15, 0.2) is 5.82 Å². The number of ether oxygens (including phenoxy) is 1. The number of benzene rings is 1. The minimum atomic E-state index is -0.393. The molecule has 1 aliphatic carbocycles. The average Bonchev–Trinajstić information content (AvgIpc) is 3.07. The number of rotatable bonds is 3. The van der Waals surface area contributed by atoms with Gasteiger partial charge in [-0.2, -0.15) is 0 Å². The van der Waals surface area contributed by atoms with Crippen molar-refractivity contribution in [3.63, 3.8) is 0 Å². The standard InChI is InChI=1S/C20H22N2O2/c1-13-18(20(23)24-3)14(2)22-19(21-13)17-10-8-16(9-11-17)12-15-6-4-5-7-15/h8-12H,4-7H2,1-3H3. The van der Waals surface area contributed by atoms with Crippen molar-refractivity contribution in [3.05, 3.63) is 52.4 Å². The Morgan fingerprint density at radius 2 is 1.62 bits per heavy atom. The molecular formula is C20H22N2O2. The van der Waals surface area contributed by atoms with Crippen LogP contribution in [0.25, 0.3) is 17.5 Å². The lowest BCUT2D eigenvalue weighted by Crippen LogP contribution is -2.10. The van der Waals surface area contributed by atoms with Gasteiger partial charge in [-0.25, -0.2) is 14.8 Å². The van der Waals surface area contributed by atoms with Crippen LogP contribution < -0.4 is 0 Å². The minimum absolute atomic E-state index is 0.393. The summed E-state index contributed by atoms with van der Waals surface area (Å²) >= 11 is 0. The zero-order valence-electron chi connectivity index (χ0n) is 14.4. The maximum absolute atomic E-state index is 11.8. The third kappa shape index (κ3) is 3.37. The number of aryl methyl sites for hydroxylation is 2. The van der Waals surface area contributed by atoms with Crippen LogP contribution in [0.2, 0.25) is 0 Å². The first kappa shape index (κ1) is 16.4. The molecule has 1 aromatic carbocycles. The van der Waals surface area contributed by atoms with E-state index in [1.807, 2.05) is 26.0 Å². The van der Waals surface area contributed by atoms with Crippen molar-refractivity contribution < 1.29 is 9.53 Å². The Labute approximate surface area is 142 Å². The van der Waals surface area contributed by atoms with Gasteiger partial charge in [0, 0.05) is 5.56 Å². The fraction of sp³-hybridized carbons (Fsp3) is 0.350. The molecule has 1 saturated carbocycles. The lowest BCUT2D eigenvalue weighted by Gasteiger charge is -2.09. The molecule has 0 aliphatic heterocycles. The largest absolute Gasteiger partial charge is 0.465 e. The summed E-state index contributed by atoms with van der Waals surface area (Å²) in [5, 5.41) is 0. The first-order valence-corrected chi connectivity index (χ1v) is 8.32. The highest BCUT2D eigenvalue weighted by atomic mass is 16.5. The zero-order chi connectivity index (χ0) is 17.1. The van der Waals surface area contributed by atoms with Gasteiger partial charge < -0.3 is 4.74 Å². The van der Waals surface area contributed by atoms with Crippen LogP contribution in [0.15, 0.2) is 29.8 Å². The highest BCUT2D eigenvalue weighted by Gasteiger charge is 2.17. The molecule has 24 heavy (non-hydrogen) atoms. The van der Waals surface area contributed by atoms with E-state index in [2.05, 4.69) is 28.2 Å². The van der Waals surface area contributed by atoms with E-state index in [1.54, 1.807) is 0 Å². The van der Waals surface area contributed by atoms with E-state index < -0.39 is 5.97 Å². The quantitative estimate of drug-likeness (QED) is 0.781. The number of carbonyl (C=O) groups excluding carboxylic acids is 1. The molecule has 4 nitrogen and oxygen atoms in total. The number of esters is 1. The second kappa shape index (κ2) is 6.95. The van der Waals surface area contributed by atoms with Crippen molar-refractivity contribution >= 4 is 12.0 Å². The normalized spacial score (nSPS) is 13.9. The number of hydrogen-bond donors (Lipinski definition) is 0. The predicted molar refractivity (Wildman–Crippen MR) is 94.7 cm³/mol. The van der Waals surface area contributed by atoms with E-state index in [0.717, 1.165) is 5.56 Å². The lowest BCUT2D eigenvalue weighted by atomic mass is 10.1. The molecule has 2 aromatic rings. The smallest absolute Gasteiger partial charge is 0.341 e. The molecule has 0 saturated heterocycles. The highest BCUT2D eigenvalue weighted by molar-refractivity contribution is 5.91. The fourth-order valence-corrected chi connectivity index (χ4v) is 3.18. The van der Waals surface area contributed by atoms with Crippen LogP contribution in [0.4, 0.5) is 0 Å². The monoisotopic (exact) mass is 322 g/mol. The van der Waals surface area contributed by atoms with Gasteiger partial charge in [-0.3, -0.25) is 0 Å². The summed E-state index contributed by atoms with van der Waals surface area (Å²) in [7, 11) is 1.37. The Bertz CT molecular complexity index is 761. The van der Waals surface area contributed by atoms with Gasteiger partial charge >= 0.3 is 5.97 Å². The summed E-state index contributed by atoms with van der Waals surface area (Å²) in [5.41, 5.74) is 5.43. The summed E-state index contributed by atoms with van der Waals surface area (Å²) in [6, 6.07) is 8.27. The van der Waals surface area contributed by atoms with Gasteiger partial charge in [0.05, 0.1) is 18.5 Å². The molecule has 0 spiro atoms. The maximum atomic E-state index is 11.8. The molecule has 4 heteroatoms. The molecule has 0 bridgehead atoms. The first-order valence-electron chi connectivity index (χ1n) is 8.32. The Kier molecular flexibility index (Phi) is 4.74. The topological polar surface area (TPSA) is 52.1 Å². The number of aromatic nitrogens is 2. The molecular weight excluding hydrogens is 300 g/mol. The molecule has 1 heterocycles. The summed E-state index contributed by atoms with van der Waals surface area (Å²) in [4.78, 5) is 20.8. The Morgan fingerprint density at radius 3 is 2.17 bits per heavy atom. The number of nitrogens with zero attached hydrogens (tertiary/aromatic N) is 2. The third-order valence-electron chi connectivity index (χ3n) is 4.45. The molecule has 124 valence electrons. The van der Waals surface area contributed by atoms with E-state index in [0.29, 0.717) is 22.8 Å². The number of allylic oxidation sites excluding steroid dienone is 1. The van der Waals surface area contributed by atoms with E-state index in [9.17, 15) is 4.79 Å². The van der Waals surface area contributed by atoms with Crippen LogP contribution in [0.5, 0.6) is 0 Å². The van der Waals surface area contributed by atoms with Crippen LogP contribution in [0.1, 0.15) is 53.0 Å². The summed E-state index contributed by atoms with van der Waals surface area (Å²) < 4.78 is 4.80. The van der Waals surface area contributed by atoms with E-state index in [1.165, 1.54) is 43.9 Å². The molecule has 0 atom stereocenters. The highest BCUT2D eigenvalue weighted by Crippen LogP contribution is 2.27. The van der Waals surface area contributed by atoms with Crippen molar-refractivity contribution in [2.75, 3.05) is 7.11 Å².